The van der Waals surface area contributed by atoms with Crippen molar-refractivity contribution in [3.63, 3.8) is 0 Å². The van der Waals surface area contributed by atoms with Crippen LogP contribution in [-0.2, 0) is 6.54 Å². The summed E-state index contributed by atoms with van der Waals surface area (Å²) in [6, 6.07) is 0.618. The Morgan fingerprint density at radius 1 is 1.69 bits per heavy atom. The van der Waals surface area contributed by atoms with E-state index in [1.54, 1.807) is 0 Å². The van der Waals surface area contributed by atoms with E-state index in [2.05, 4.69) is 10.4 Å². The molecule has 0 radical (unpaired) electrons. The molecule has 3 N–H and O–H groups in total. The average Bonchev–Trinajstić information content (AvgIpc) is 2.78. The SMILES string of the molecule is CCn1cc(N)c(NC2CC2)n1.Cl. The summed E-state index contributed by atoms with van der Waals surface area (Å²) in [5.74, 6) is 0.847. The van der Waals surface area contributed by atoms with Gasteiger partial charge in [0.25, 0.3) is 0 Å². The molecule has 0 saturated heterocycles. The van der Waals surface area contributed by atoms with Gasteiger partial charge in [-0.3, -0.25) is 4.68 Å². The van der Waals surface area contributed by atoms with E-state index in [1.165, 1.54) is 12.8 Å². The lowest BCUT2D eigenvalue weighted by molar-refractivity contribution is 0.661. The number of nitrogen functional groups attached to an aromatic ring is 1. The third kappa shape index (κ3) is 2.28. The Balaban J connectivity index is 0.000000845. The van der Waals surface area contributed by atoms with Crippen molar-refractivity contribution in [2.45, 2.75) is 32.4 Å². The second-order valence-electron chi connectivity index (χ2n) is 3.21. The van der Waals surface area contributed by atoms with Crippen LogP contribution in [0.2, 0.25) is 0 Å². The molecular weight excluding hydrogens is 188 g/mol. The third-order valence-corrected chi connectivity index (χ3v) is 2.03. The Morgan fingerprint density at radius 2 is 2.38 bits per heavy atom. The van der Waals surface area contributed by atoms with Crippen molar-refractivity contribution in [1.82, 2.24) is 9.78 Å². The van der Waals surface area contributed by atoms with Crippen molar-refractivity contribution in [3.8, 4) is 0 Å². The lowest BCUT2D eigenvalue weighted by atomic mass is 10.5. The monoisotopic (exact) mass is 202 g/mol. The number of aromatic nitrogens is 2. The van der Waals surface area contributed by atoms with E-state index in [9.17, 15) is 0 Å². The first kappa shape index (κ1) is 10.2. The zero-order valence-corrected chi connectivity index (χ0v) is 8.47. The molecule has 2 rings (SSSR count). The van der Waals surface area contributed by atoms with Gasteiger partial charge in [-0.1, -0.05) is 0 Å². The van der Waals surface area contributed by atoms with Gasteiger partial charge in [0.2, 0.25) is 0 Å². The molecule has 0 spiro atoms. The third-order valence-electron chi connectivity index (χ3n) is 2.03. The molecule has 0 aromatic carbocycles. The normalized spacial score (nSPS) is 15.2. The van der Waals surface area contributed by atoms with Crippen LogP contribution in [0.15, 0.2) is 6.20 Å². The van der Waals surface area contributed by atoms with Gasteiger partial charge in [0.15, 0.2) is 5.82 Å². The molecule has 0 aliphatic heterocycles. The molecule has 1 aliphatic rings. The van der Waals surface area contributed by atoms with Crippen molar-refractivity contribution >= 4 is 23.9 Å². The van der Waals surface area contributed by atoms with E-state index < -0.39 is 0 Å². The van der Waals surface area contributed by atoms with Crippen LogP contribution >= 0.6 is 12.4 Å². The van der Waals surface area contributed by atoms with Gasteiger partial charge >= 0.3 is 0 Å². The Labute approximate surface area is 83.9 Å². The minimum Gasteiger partial charge on any atom is -0.394 e. The summed E-state index contributed by atoms with van der Waals surface area (Å²) < 4.78 is 1.85. The number of anilines is 2. The van der Waals surface area contributed by atoms with Crippen molar-refractivity contribution < 1.29 is 0 Å². The van der Waals surface area contributed by atoms with Crippen molar-refractivity contribution in [3.05, 3.63) is 6.20 Å². The highest BCUT2D eigenvalue weighted by Crippen LogP contribution is 2.26. The quantitative estimate of drug-likeness (QED) is 0.781. The summed E-state index contributed by atoms with van der Waals surface area (Å²) in [4.78, 5) is 0. The van der Waals surface area contributed by atoms with Crippen LogP contribution < -0.4 is 11.1 Å². The highest BCUT2D eigenvalue weighted by molar-refractivity contribution is 5.85. The maximum Gasteiger partial charge on any atom is 0.171 e. The van der Waals surface area contributed by atoms with Crippen LogP contribution in [0.1, 0.15) is 19.8 Å². The van der Waals surface area contributed by atoms with E-state index in [4.69, 9.17) is 5.73 Å². The molecule has 5 heteroatoms. The van der Waals surface area contributed by atoms with Crippen LogP contribution in [0.5, 0.6) is 0 Å². The number of hydrogen-bond acceptors (Lipinski definition) is 3. The van der Waals surface area contributed by atoms with Gasteiger partial charge in [-0.05, 0) is 19.8 Å². The van der Waals surface area contributed by atoms with Crippen LogP contribution in [0.4, 0.5) is 11.5 Å². The van der Waals surface area contributed by atoms with E-state index in [0.29, 0.717) is 6.04 Å². The molecule has 0 unspecified atom stereocenters. The maximum atomic E-state index is 5.75. The number of nitrogens with one attached hydrogen (secondary N) is 1. The van der Waals surface area contributed by atoms with Crippen LogP contribution in [-0.4, -0.2) is 15.8 Å². The van der Waals surface area contributed by atoms with Gasteiger partial charge in [0.1, 0.15) is 0 Å². The molecule has 0 atom stereocenters. The number of aryl methyl sites for hydroxylation is 1. The largest absolute Gasteiger partial charge is 0.394 e. The predicted octanol–water partition coefficient (Wildman–Crippen LogP) is 1.48. The molecule has 0 amide bonds. The van der Waals surface area contributed by atoms with Gasteiger partial charge in [0.05, 0.1) is 11.9 Å². The highest BCUT2D eigenvalue weighted by Gasteiger charge is 2.22. The summed E-state index contributed by atoms with van der Waals surface area (Å²) in [7, 11) is 0. The van der Waals surface area contributed by atoms with Gasteiger partial charge in [-0.15, -0.1) is 12.4 Å². The Kier molecular flexibility index (Phi) is 3.03. The topological polar surface area (TPSA) is 55.9 Å². The van der Waals surface area contributed by atoms with Crippen molar-refractivity contribution in [2.75, 3.05) is 11.1 Å². The lowest BCUT2D eigenvalue weighted by Gasteiger charge is -1.99. The number of halogens is 1. The van der Waals surface area contributed by atoms with E-state index >= 15 is 0 Å². The maximum absolute atomic E-state index is 5.75. The minimum absolute atomic E-state index is 0. The molecule has 1 aliphatic carbocycles. The van der Waals surface area contributed by atoms with Gasteiger partial charge < -0.3 is 11.1 Å². The molecule has 1 heterocycles. The average molecular weight is 203 g/mol. The molecular formula is C8H15ClN4. The smallest absolute Gasteiger partial charge is 0.171 e. The summed E-state index contributed by atoms with van der Waals surface area (Å²) in [6.45, 7) is 2.92. The first-order chi connectivity index (χ1) is 5.79. The van der Waals surface area contributed by atoms with Crippen LogP contribution in [0.25, 0.3) is 0 Å². The molecule has 1 fully saturated rings. The first-order valence-electron chi connectivity index (χ1n) is 4.39. The molecule has 1 aromatic rings. The van der Waals surface area contributed by atoms with Gasteiger partial charge in [0, 0.05) is 12.6 Å². The standard InChI is InChI=1S/C8H14N4.ClH/c1-2-12-5-7(9)8(11-12)10-6-3-4-6;/h5-6H,2-4,9H2,1H3,(H,10,11);1H. The molecule has 13 heavy (non-hydrogen) atoms. The van der Waals surface area contributed by atoms with Crippen LogP contribution in [0.3, 0.4) is 0 Å². The van der Waals surface area contributed by atoms with E-state index in [-0.39, 0.29) is 12.4 Å². The summed E-state index contributed by atoms with van der Waals surface area (Å²) in [6.07, 6.45) is 4.36. The zero-order chi connectivity index (χ0) is 8.55. The number of nitrogens with two attached hydrogens (primary N) is 1. The van der Waals surface area contributed by atoms with Crippen molar-refractivity contribution in [1.29, 1.82) is 0 Å². The molecule has 4 nitrogen and oxygen atoms in total. The highest BCUT2D eigenvalue weighted by atomic mass is 35.5. The molecule has 1 aromatic heterocycles. The second kappa shape index (κ2) is 3.87. The number of nitrogens with zero attached hydrogens (tertiary/aromatic N) is 2. The number of hydrogen-bond donors (Lipinski definition) is 2. The first-order valence-corrected chi connectivity index (χ1v) is 4.39. The minimum atomic E-state index is 0. The Morgan fingerprint density at radius 3 is 2.85 bits per heavy atom. The molecule has 74 valence electrons. The number of rotatable bonds is 3. The van der Waals surface area contributed by atoms with Crippen molar-refractivity contribution in [2.24, 2.45) is 0 Å². The van der Waals surface area contributed by atoms with Gasteiger partial charge in [-0.25, -0.2) is 0 Å². The fourth-order valence-corrected chi connectivity index (χ4v) is 1.13. The Hall–Kier alpha value is -0.900. The fourth-order valence-electron chi connectivity index (χ4n) is 1.13. The van der Waals surface area contributed by atoms with E-state index in [0.717, 1.165) is 18.1 Å². The zero-order valence-electron chi connectivity index (χ0n) is 7.66. The molecule has 1 saturated carbocycles. The predicted molar refractivity (Wildman–Crippen MR) is 56.2 cm³/mol. The summed E-state index contributed by atoms with van der Waals surface area (Å²) in [5.41, 5.74) is 6.50. The summed E-state index contributed by atoms with van der Waals surface area (Å²) in [5, 5.41) is 7.57. The van der Waals surface area contributed by atoms with Crippen LogP contribution in [0, 0.1) is 0 Å². The van der Waals surface area contributed by atoms with Gasteiger partial charge in [-0.2, -0.15) is 5.10 Å². The second-order valence-corrected chi connectivity index (χ2v) is 3.21. The lowest BCUT2D eigenvalue weighted by Crippen LogP contribution is -2.04. The van der Waals surface area contributed by atoms with E-state index in [1.807, 2.05) is 17.8 Å². The Bertz CT molecular complexity index is 280. The fraction of sp³-hybridized carbons (Fsp3) is 0.625. The summed E-state index contributed by atoms with van der Waals surface area (Å²) >= 11 is 0. The molecule has 0 bridgehead atoms.